The van der Waals surface area contributed by atoms with Gasteiger partial charge in [0.15, 0.2) is 0 Å². The molecule has 0 saturated heterocycles. The summed E-state index contributed by atoms with van der Waals surface area (Å²) in [5, 5.41) is 0. The van der Waals surface area contributed by atoms with Crippen molar-refractivity contribution in [3.05, 3.63) is 6.92 Å². The molecule has 0 aliphatic carbocycles. The maximum atomic E-state index is 3.77. The molecule has 0 aromatic heterocycles. The van der Waals surface area contributed by atoms with E-state index in [9.17, 15) is 0 Å². The van der Waals surface area contributed by atoms with Crippen LogP contribution in [-0.2, 0) is 0 Å². The molecule has 0 atom stereocenters. The number of hydrogen-bond donors (Lipinski definition) is 1. The van der Waals surface area contributed by atoms with Crippen molar-refractivity contribution in [3.8, 4) is 0 Å². The van der Waals surface area contributed by atoms with Crippen LogP contribution in [0.5, 0.6) is 0 Å². The van der Waals surface area contributed by atoms with Gasteiger partial charge >= 0.3 is 0 Å². The van der Waals surface area contributed by atoms with Crippen LogP contribution in [0.25, 0.3) is 0 Å². The molecule has 0 bridgehead atoms. The summed E-state index contributed by atoms with van der Waals surface area (Å²) in [6.45, 7) is 3.49. The van der Waals surface area contributed by atoms with Gasteiger partial charge in [0.1, 0.15) is 0 Å². The Morgan fingerprint density at radius 1 is 2.00 bits per heavy atom. The van der Waals surface area contributed by atoms with Crippen molar-refractivity contribution in [3.63, 3.8) is 0 Å². The standard InChI is InChI=1S/C2H5S2/c1-2-4-3/h3H,1-2H2. The average molecular weight is 93.2 g/mol. The van der Waals surface area contributed by atoms with E-state index in [1.165, 1.54) is 10.8 Å². The molecule has 0 unspecified atom stereocenters. The quantitative estimate of drug-likeness (QED) is 0.377. The third kappa shape index (κ3) is 2.70. The van der Waals surface area contributed by atoms with Crippen LogP contribution in [0.3, 0.4) is 0 Å². The van der Waals surface area contributed by atoms with E-state index in [1.807, 2.05) is 0 Å². The molecule has 0 fully saturated rings. The average Bonchev–Trinajstić information content (AvgIpc) is 1.37. The van der Waals surface area contributed by atoms with Crippen molar-refractivity contribution >= 4 is 22.5 Å². The zero-order chi connectivity index (χ0) is 3.41. The number of hydrogen-bond acceptors (Lipinski definition) is 2. The molecule has 1 radical (unpaired) electrons. The normalized spacial score (nSPS) is 7.50. The third-order valence-electron chi connectivity index (χ3n) is 0.0913. The van der Waals surface area contributed by atoms with E-state index in [0.717, 1.165) is 5.75 Å². The smallest absolute Gasteiger partial charge is 0.00348 e. The first-order valence-corrected chi connectivity index (χ1v) is 3.01. The second-order valence-electron chi connectivity index (χ2n) is 0.333. The van der Waals surface area contributed by atoms with Gasteiger partial charge in [-0.3, -0.25) is 0 Å². The molecule has 0 spiro atoms. The number of thiol groups is 1. The van der Waals surface area contributed by atoms with E-state index in [4.69, 9.17) is 0 Å². The van der Waals surface area contributed by atoms with Gasteiger partial charge in [-0.1, -0.05) is 10.8 Å². The molecule has 0 aromatic carbocycles. The van der Waals surface area contributed by atoms with Gasteiger partial charge in [0.2, 0.25) is 0 Å². The lowest BCUT2D eigenvalue weighted by atomic mass is 11.0. The lowest BCUT2D eigenvalue weighted by Gasteiger charge is -1.67. The first-order chi connectivity index (χ1) is 1.91. The highest BCUT2D eigenvalue weighted by molar-refractivity contribution is 8.68. The summed E-state index contributed by atoms with van der Waals surface area (Å²) in [6, 6.07) is 0. The summed E-state index contributed by atoms with van der Waals surface area (Å²) in [5.41, 5.74) is 0. The fraction of sp³-hybridized carbons (Fsp3) is 0.500. The lowest BCUT2D eigenvalue weighted by molar-refractivity contribution is 1.85. The van der Waals surface area contributed by atoms with Crippen LogP contribution in [0.1, 0.15) is 0 Å². The summed E-state index contributed by atoms with van der Waals surface area (Å²) in [6.07, 6.45) is 0. The molecule has 2 heteroatoms. The Balaban J connectivity index is 1.97. The first-order valence-electron chi connectivity index (χ1n) is 0.971. The maximum Gasteiger partial charge on any atom is 0.00348 e. The molecule has 0 N–H and O–H groups in total. The van der Waals surface area contributed by atoms with Gasteiger partial charge in [0.05, 0.1) is 0 Å². The van der Waals surface area contributed by atoms with Gasteiger partial charge in [0, 0.05) is 5.75 Å². The fourth-order valence-corrected chi connectivity index (χ4v) is 0. The predicted octanol–water partition coefficient (Wildman–Crippen LogP) is 1.40. The van der Waals surface area contributed by atoms with Crippen LogP contribution in [0.4, 0.5) is 0 Å². The van der Waals surface area contributed by atoms with Gasteiger partial charge in [0.25, 0.3) is 0 Å². The van der Waals surface area contributed by atoms with Crippen molar-refractivity contribution in [1.82, 2.24) is 0 Å². The fourth-order valence-electron chi connectivity index (χ4n) is 0. The molecule has 0 saturated carbocycles. The summed E-state index contributed by atoms with van der Waals surface area (Å²) >= 11 is 3.77. The summed E-state index contributed by atoms with van der Waals surface area (Å²) in [5.74, 6) is 0.850. The number of rotatable bonds is 1. The molecule has 0 nitrogen and oxygen atoms in total. The zero-order valence-corrected chi connectivity index (χ0v) is 3.98. The van der Waals surface area contributed by atoms with E-state index in [2.05, 4.69) is 18.6 Å². The van der Waals surface area contributed by atoms with Crippen LogP contribution < -0.4 is 0 Å². The summed E-state index contributed by atoms with van der Waals surface area (Å²) < 4.78 is 0. The molecular weight excluding hydrogens is 88.2 g/mol. The molecule has 25 valence electrons. The van der Waals surface area contributed by atoms with Crippen LogP contribution in [0, 0.1) is 6.92 Å². The van der Waals surface area contributed by atoms with Crippen molar-refractivity contribution < 1.29 is 0 Å². The highest BCUT2D eigenvalue weighted by atomic mass is 33.1. The summed E-state index contributed by atoms with van der Waals surface area (Å²) in [4.78, 5) is 0. The predicted molar refractivity (Wildman–Crippen MR) is 26.8 cm³/mol. The second kappa shape index (κ2) is 3.70. The van der Waals surface area contributed by atoms with Crippen LogP contribution >= 0.6 is 22.5 Å². The molecule has 4 heavy (non-hydrogen) atoms. The molecule has 0 aromatic rings. The van der Waals surface area contributed by atoms with E-state index in [-0.39, 0.29) is 0 Å². The molecule has 0 amide bonds. The second-order valence-corrected chi connectivity index (χ2v) is 1.77. The van der Waals surface area contributed by atoms with Crippen LogP contribution in [-0.4, -0.2) is 5.75 Å². The SMILES string of the molecule is [CH2]CSS. The lowest BCUT2D eigenvalue weighted by Crippen LogP contribution is -1.46. The van der Waals surface area contributed by atoms with Crippen molar-refractivity contribution in [2.24, 2.45) is 0 Å². The molecule has 0 heterocycles. The first kappa shape index (κ1) is 4.70. The topological polar surface area (TPSA) is 0 Å². The summed E-state index contributed by atoms with van der Waals surface area (Å²) in [7, 11) is 1.44. The van der Waals surface area contributed by atoms with Gasteiger partial charge < -0.3 is 0 Å². The Morgan fingerprint density at radius 2 is 2.25 bits per heavy atom. The molecule has 0 aliphatic rings. The Morgan fingerprint density at radius 3 is 2.25 bits per heavy atom. The Kier molecular flexibility index (Phi) is 4.35. The van der Waals surface area contributed by atoms with Gasteiger partial charge in [-0.15, -0.1) is 11.7 Å². The largest absolute Gasteiger partial charge is 0.111 e. The Labute approximate surface area is 35.8 Å². The monoisotopic (exact) mass is 93.0 g/mol. The molecular formula is C2H5S2. The van der Waals surface area contributed by atoms with E-state index < -0.39 is 0 Å². The molecule has 0 aliphatic heterocycles. The van der Waals surface area contributed by atoms with Crippen LogP contribution in [0.2, 0.25) is 0 Å². The van der Waals surface area contributed by atoms with Gasteiger partial charge in [-0.05, 0) is 6.92 Å². The zero-order valence-electron chi connectivity index (χ0n) is 2.27. The van der Waals surface area contributed by atoms with Crippen LogP contribution in [0.15, 0.2) is 0 Å². The highest BCUT2D eigenvalue weighted by Crippen LogP contribution is 1.99. The minimum atomic E-state index is 0.850. The minimum absolute atomic E-state index is 0.850. The minimum Gasteiger partial charge on any atom is -0.111 e. The highest BCUT2D eigenvalue weighted by Gasteiger charge is 1.57. The van der Waals surface area contributed by atoms with E-state index in [1.54, 1.807) is 0 Å². The van der Waals surface area contributed by atoms with Gasteiger partial charge in [-0.25, -0.2) is 0 Å². The Bertz CT molecular complexity index is 6.00. The van der Waals surface area contributed by atoms with Crippen molar-refractivity contribution in [2.75, 3.05) is 5.75 Å². The van der Waals surface area contributed by atoms with Crippen molar-refractivity contribution in [2.45, 2.75) is 0 Å². The molecule has 0 rings (SSSR count). The van der Waals surface area contributed by atoms with E-state index in [0.29, 0.717) is 0 Å². The third-order valence-corrected chi connectivity index (χ3v) is 0.822. The Hall–Kier alpha value is 0.700. The van der Waals surface area contributed by atoms with Gasteiger partial charge in [-0.2, -0.15) is 0 Å². The van der Waals surface area contributed by atoms with Crippen molar-refractivity contribution in [1.29, 1.82) is 0 Å². The van der Waals surface area contributed by atoms with E-state index >= 15 is 0 Å². The maximum absolute atomic E-state index is 3.77.